The number of hydrogen-bond donors (Lipinski definition) is 6. The Morgan fingerprint density at radius 1 is 1.35 bits per heavy atom. The van der Waals surface area contributed by atoms with Crippen LogP contribution in [0.15, 0.2) is 50.0 Å². The molecule has 40 heavy (non-hydrogen) atoms. The van der Waals surface area contributed by atoms with Gasteiger partial charge in [0.25, 0.3) is 0 Å². The van der Waals surface area contributed by atoms with Crippen LogP contribution in [0.2, 0.25) is 0 Å². The van der Waals surface area contributed by atoms with Crippen LogP contribution in [-0.4, -0.2) is 71.2 Å². The largest absolute Gasteiger partial charge is 0.481 e. The lowest BCUT2D eigenvalue weighted by molar-refractivity contribution is -0.671. The van der Waals surface area contributed by atoms with Crippen molar-refractivity contribution in [3.63, 3.8) is 0 Å². The number of carboxylic acids is 2. The van der Waals surface area contributed by atoms with Gasteiger partial charge in [0.15, 0.2) is 27.7 Å². The Balaban J connectivity index is 1.60. The normalized spacial score (nSPS) is 17.3. The molecule has 3 aromatic rings. The van der Waals surface area contributed by atoms with E-state index < -0.39 is 29.3 Å². The summed E-state index contributed by atoms with van der Waals surface area (Å²) in [5, 5.41) is 38.0. The molecule has 0 saturated carbocycles. The Bertz CT molecular complexity index is 1430. The first-order valence-electron chi connectivity index (χ1n) is 11.6. The Morgan fingerprint density at radius 3 is 2.70 bits per heavy atom. The van der Waals surface area contributed by atoms with Crippen molar-refractivity contribution >= 4 is 69.2 Å². The first kappa shape index (κ1) is 29.7. The van der Waals surface area contributed by atoms with Crippen molar-refractivity contribution in [2.75, 3.05) is 18.1 Å². The molecule has 212 valence electrons. The lowest BCUT2D eigenvalue weighted by Crippen LogP contribution is -2.54. The van der Waals surface area contributed by atoms with E-state index >= 15 is 0 Å². The van der Waals surface area contributed by atoms with E-state index in [2.05, 4.69) is 24.8 Å². The summed E-state index contributed by atoms with van der Waals surface area (Å²) < 4.78 is 6.61. The molecule has 14 nitrogen and oxygen atoms in total. The minimum absolute atomic E-state index is 0.0217. The number of rotatable bonds is 12. The molecule has 0 fully saturated rings. The first-order chi connectivity index (χ1) is 19.2. The molecule has 0 bridgehead atoms. The number of carboxylic acid groups (broad SMARTS) is 2. The van der Waals surface area contributed by atoms with Gasteiger partial charge in [0.1, 0.15) is 31.0 Å². The Morgan fingerprint density at radius 2 is 2.10 bits per heavy atom. The van der Waals surface area contributed by atoms with Crippen LogP contribution in [0.5, 0.6) is 0 Å². The molecule has 0 aliphatic carbocycles. The van der Waals surface area contributed by atoms with Crippen molar-refractivity contribution < 1.29 is 34.4 Å². The van der Waals surface area contributed by atoms with Gasteiger partial charge in [0.2, 0.25) is 0 Å². The summed E-state index contributed by atoms with van der Waals surface area (Å²) >= 11 is 4.61. The lowest BCUT2D eigenvalue weighted by atomic mass is 9.95. The number of hydroxylamine groups is 1. The highest BCUT2D eigenvalue weighted by Gasteiger charge is 2.43. The number of carbonyl (C=O) groups is 2. The number of pyridine rings is 1. The van der Waals surface area contributed by atoms with E-state index in [-0.39, 0.29) is 34.7 Å². The van der Waals surface area contributed by atoms with Crippen LogP contribution in [-0.2, 0) is 21.5 Å². The molecule has 0 radical (unpaired) electrons. The number of aliphatic carboxylic acids is 2. The number of oxime groups is 1. The van der Waals surface area contributed by atoms with E-state index in [1.54, 1.807) is 6.92 Å². The van der Waals surface area contributed by atoms with Gasteiger partial charge < -0.3 is 31.3 Å². The summed E-state index contributed by atoms with van der Waals surface area (Å²) in [7, 11) is 1.92. The van der Waals surface area contributed by atoms with Crippen molar-refractivity contribution in [1.82, 2.24) is 25.1 Å². The van der Waals surface area contributed by atoms with E-state index in [0.717, 1.165) is 22.8 Å². The summed E-state index contributed by atoms with van der Waals surface area (Å²) in [6, 6.07) is 2.50. The second kappa shape index (κ2) is 13.4. The van der Waals surface area contributed by atoms with Gasteiger partial charge in [0, 0.05) is 45.3 Å². The molecule has 4 heterocycles. The number of nitrogens with zero attached hydrogens (tertiary/aromatic N) is 5. The lowest BCUT2D eigenvalue weighted by Gasteiger charge is -2.34. The van der Waals surface area contributed by atoms with Gasteiger partial charge in [-0.25, -0.2) is 14.3 Å². The average Bonchev–Trinajstić information content (AvgIpc) is 3.58. The smallest absolute Gasteiger partial charge is 0.352 e. The average molecular weight is 626 g/mol. The molecule has 3 aromatic heterocycles. The van der Waals surface area contributed by atoms with Crippen molar-refractivity contribution in [1.29, 1.82) is 0 Å². The van der Waals surface area contributed by atoms with E-state index in [4.69, 9.17) is 10.6 Å². The SMILES string of the molecule is CCO/N=C(/c1nsc(N)n1)C(NO)C(C(=O)O)C1NC(C(=O)O)=C(Sc2nc(-c3cc[n+](C)cc3)cs2)CS1. The van der Waals surface area contributed by atoms with Gasteiger partial charge in [-0.2, -0.15) is 14.8 Å². The van der Waals surface area contributed by atoms with Gasteiger partial charge >= 0.3 is 11.9 Å². The molecule has 0 spiro atoms. The van der Waals surface area contributed by atoms with Crippen LogP contribution in [0.3, 0.4) is 0 Å². The number of nitrogen functional groups attached to an aromatic ring is 1. The summed E-state index contributed by atoms with van der Waals surface area (Å²) in [5.41, 5.74) is 9.11. The second-order valence-electron chi connectivity index (χ2n) is 8.15. The van der Waals surface area contributed by atoms with Crippen LogP contribution in [0.1, 0.15) is 12.7 Å². The van der Waals surface area contributed by atoms with Gasteiger partial charge in [-0.1, -0.05) is 16.9 Å². The van der Waals surface area contributed by atoms with Crippen LogP contribution in [0.4, 0.5) is 5.13 Å². The quantitative estimate of drug-likeness (QED) is 0.0960. The fraction of sp³-hybridized carbons (Fsp3) is 0.318. The minimum atomic E-state index is -1.43. The zero-order valence-corrected chi connectivity index (χ0v) is 24.3. The van der Waals surface area contributed by atoms with E-state index in [1.807, 2.05) is 47.0 Å². The molecule has 0 aromatic carbocycles. The highest BCUT2D eigenvalue weighted by Crippen LogP contribution is 2.40. The number of nitrogens with one attached hydrogen (secondary N) is 2. The maximum absolute atomic E-state index is 12.5. The third-order valence-corrected chi connectivity index (χ3v) is 9.49. The number of hydrogen-bond acceptors (Lipinski definition) is 15. The van der Waals surface area contributed by atoms with Gasteiger partial charge in [-0.3, -0.25) is 4.79 Å². The summed E-state index contributed by atoms with van der Waals surface area (Å²) in [6.45, 7) is 1.83. The molecule has 4 rings (SSSR count). The zero-order valence-electron chi connectivity index (χ0n) is 21.0. The molecule has 18 heteroatoms. The number of nitrogens with two attached hydrogens (primary N) is 1. The highest BCUT2D eigenvalue weighted by atomic mass is 32.2. The molecule has 0 saturated heterocycles. The fourth-order valence-corrected chi connectivity index (χ4v) is 7.47. The van der Waals surface area contributed by atoms with Crippen molar-refractivity contribution in [2.45, 2.75) is 22.7 Å². The molecule has 7 N–H and O–H groups in total. The summed E-state index contributed by atoms with van der Waals surface area (Å²) in [6.07, 6.45) is 3.82. The fourth-order valence-electron chi connectivity index (χ4n) is 3.64. The molecule has 3 atom stereocenters. The molecular weight excluding hydrogens is 601 g/mol. The summed E-state index contributed by atoms with van der Waals surface area (Å²) in [4.78, 5) is 39.0. The first-order valence-corrected chi connectivity index (χ1v) is 15.1. The van der Waals surface area contributed by atoms with Crippen LogP contribution < -0.4 is 21.1 Å². The maximum atomic E-state index is 12.5. The van der Waals surface area contributed by atoms with Gasteiger partial charge in [-0.05, 0) is 6.92 Å². The number of anilines is 1. The van der Waals surface area contributed by atoms with E-state index in [1.165, 1.54) is 34.9 Å². The third kappa shape index (κ3) is 6.88. The molecular formula is C22H25N8O6S4+. The molecule has 1 aliphatic heterocycles. The number of thioether (sulfide) groups is 2. The number of aromatic nitrogens is 4. The monoisotopic (exact) mass is 625 g/mol. The Kier molecular flexibility index (Phi) is 9.93. The van der Waals surface area contributed by atoms with Crippen molar-refractivity contribution in [3.05, 3.63) is 46.3 Å². The van der Waals surface area contributed by atoms with Gasteiger partial charge in [-0.15, -0.1) is 23.1 Å². The Hall–Kier alpha value is -3.29. The molecule has 3 unspecified atom stereocenters. The number of aryl methyl sites for hydroxylation is 1. The van der Waals surface area contributed by atoms with E-state index in [0.29, 0.717) is 9.24 Å². The minimum Gasteiger partial charge on any atom is -0.481 e. The standard InChI is InChI=1S/C22H24N8O6S4/c1-3-36-28-16(17-26-21(23)40-29-17)15(27-35)13(19(31)32)18-25-14(20(33)34)12(9-37-18)39-22-24-11(8-38-22)10-4-6-30(2)7-5-10/h4-8,13,15,18,25,27,35H,3,9H2,1-2H3,(H3-,23,26,29,31,32,33,34)/p+1/b28-16+. The predicted molar refractivity (Wildman–Crippen MR) is 151 cm³/mol. The zero-order chi connectivity index (χ0) is 28.8. The number of thiazole rings is 1. The van der Waals surface area contributed by atoms with Crippen molar-refractivity contribution in [2.24, 2.45) is 18.1 Å². The summed E-state index contributed by atoms with van der Waals surface area (Å²) in [5.74, 6) is -3.85. The van der Waals surface area contributed by atoms with E-state index in [9.17, 15) is 25.0 Å². The predicted octanol–water partition coefficient (Wildman–Crippen LogP) is 1.61. The van der Waals surface area contributed by atoms with Crippen LogP contribution in [0, 0.1) is 5.92 Å². The Labute approximate surface area is 244 Å². The highest BCUT2D eigenvalue weighted by molar-refractivity contribution is 8.07. The second-order valence-corrected chi connectivity index (χ2v) is 12.3. The third-order valence-electron chi connectivity index (χ3n) is 5.51. The van der Waals surface area contributed by atoms with Crippen molar-refractivity contribution in [3.8, 4) is 11.3 Å². The molecule has 1 aliphatic rings. The van der Waals surface area contributed by atoms with Crippen LogP contribution in [0.25, 0.3) is 11.3 Å². The maximum Gasteiger partial charge on any atom is 0.352 e. The topological polar surface area (TPSA) is 209 Å². The van der Waals surface area contributed by atoms with Crippen LogP contribution >= 0.6 is 46.4 Å². The van der Waals surface area contributed by atoms with Gasteiger partial charge in [0.05, 0.1) is 17.1 Å². The molecule has 0 amide bonds.